The van der Waals surface area contributed by atoms with Gasteiger partial charge >= 0.3 is 0 Å². The third kappa shape index (κ3) is 3.31. The second-order valence-corrected chi connectivity index (χ2v) is 7.37. The molecule has 2 aromatic rings. The van der Waals surface area contributed by atoms with Crippen LogP contribution in [0.15, 0.2) is 36.5 Å². The SMILES string of the molecule is Cc1ccc(N2CC3(CC(COc4ccccn4)CCN3C)C2)nn1. The average molecular weight is 339 g/mol. The summed E-state index contributed by atoms with van der Waals surface area (Å²) < 4.78 is 5.90. The molecule has 1 unspecified atom stereocenters. The van der Waals surface area contributed by atoms with E-state index in [0.29, 0.717) is 5.92 Å². The minimum absolute atomic E-state index is 0.239. The van der Waals surface area contributed by atoms with E-state index in [9.17, 15) is 0 Å². The number of piperidine rings is 1. The largest absolute Gasteiger partial charge is 0.477 e. The van der Waals surface area contributed by atoms with E-state index in [-0.39, 0.29) is 5.54 Å². The van der Waals surface area contributed by atoms with Gasteiger partial charge in [-0.2, -0.15) is 5.10 Å². The van der Waals surface area contributed by atoms with Crippen molar-refractivity contribution < 1.29 is 4.74 Å². The molecule has 0 bridgehead atoms. The molecule has 0 aromatic carbocycles. The fourth-order valence-electron chi connectivity index (χ4n) is 3.94. The summed E-state index contributed by atoms with van der Waals surface area (Å²) in [7, 11) is 2.24. The summed E-state index contributed by atoms with van der Waals surface area (Å²) >= 11 is 0. The van der Waals surface area contributed by atoms with Crippen molar-refractivity contribution >= 4 is 5.82 Å². The maximum absolute atomic E-state index is 5.90. The lowest BCUT2D eigenvalue weighted by Gasteiger charge is -2.58. The first-order valence-electron chi connectivity index (χ1n) is 8.95. The van der Waals surface area contributed by atoms with Gasteiger partial charge in [-0.25, -0.2) is 4.98 Å². The van der Waals surface area contributed by atoms with Gasteiger partial charge in [0.2, 0.25) is 5.88 Å². The molecule has 2 aliphatic rings. The van der Waals surface area contributed by atoms with Crippen LogP contribution in [0.1, 0.15) is 18.5 Å². The second kappa shape index (κ2) is 6.59. The van der Waals surface area contributed by atoms with Crippen LogP contribution in [0.2, 0.25) is 0 Å². The number of rotatable bonds is 4. The van der Waals surface area contributed by atoms with E-state index < -0.39 is 0 Å². The molecular formula is C19H25N5O. The third-order valence-corrected chi connectivity index (χ3v) is 5.53. The Morgan fingerprint density at radius 2 is 2.08 bits per heavy atom. The first-order chi connectivity index (χ1) is 12.1. The van der Waals surface area contributed by atoms with E-state index >= 15 is 0 Å². The van der Waals surface area contributed by atoms with Gasteiger partial charge in [-0.15, -0.1) is 5.10 Å². The second-order valence-electron chi connectivity index (χ2n) is 7.37. The monoisotopic (exact) mass is 339 g/mol. The van der Waals surface area contributed by atoms with Crippen LogP contribution in [0.25, 0.3) is 0 Å². The fourth-order valence-corrected chi connectivity index (χ4v) is 3.94. The Morgan fingerprint density at radius 1 is 1.20 bits per heavy atom. The topological polar surface area (TPSA) is 54.4 Å². The van der Waals surface area contributed by atoms with Crippen LogP contribution in [0, 0.1) is 12.8 Å². The van der Waals surface area contributed by atoms with Crippen molar-refractivity contribution in [3.05, 3.63) is 42.2 Å². The van der Waals surface area contributed by atoms with Gasteiger partial charge < -0.3 is 9.64 Å². The quantitative estimate of drug-likeness (QED) is 0.851. The van der Waals surface area contributed by atoms with Crippen LogP contribution < -0.4 is 9.64 Å². The molecule has 4 rings (SSSR count). The van der Waals surface area contributed by atoms with E-state index in [2.05, 4.69) is 38.1 Å². The van der Waals surface area contributed by atoms with Crippen LogP contribution >= 0.6 is 0 Å². The molecule has 2 fully saturated rings. The average Bonchev–Trinajstić information content (AvgIpc) is 2.61. The van der Waals surface area contributed by atoms with Crippen LogP contribution in [0.5, 0.6) is 5.88 Å². The summed E-state index contributed by atoms with van der Waals surface area (Å²) in [5.74, 6) is 2.28. The first-order valence-corrected chi connectivity index (χ1v) is 8.95. The standard InChI is InChI=1S/C19H25N5O/c1-15-6-7-17(22-21-15)24-13-19(14-24)11-16(8-10-23(19)2)12-25-18-5-3-4-9-20-18/h3-7,9,16H,8,10-14H2,1-2H3. The smallest absolute Gasteiger partial charge is 0.213 e. The van der Waals surface area contributed by atoms with Crippen LogP contribution in [0.4, 0.5) is 5.82 Å². The normalized spacial score (nSPS) is 22.6. The molecule has 0 radical (unpaired) electrons. The third-order valence-electron chi connectivity index (χ3n) is 5.53. The zero-order valence-corrected chi connectivity index (χ0v) is 14.9. The number of likely N-dealkylation sites (tertiary alicyclic amines) is 1. The van der Waals surface area contributed by atoms with Crippen LogP contribution in [0.3, 0.4) is 0 Å². The molecule has 1 atom stereocenters. The van der Waals surface area contributed by atoms with Crippen molar-refractivity contribution in [2.24, 2.45) is 5.92 Å². The summed E-state index contributed by atoms with van der Waals surface area (Å²) in [4.78, 5) is 9.09. The molecule has 2 saturated heterocycles. The molecule has 6 heteroatoms. The first kappa shape index (κ1) is 16.3. The number of aromatic nitrogens is 3. The van der Waals surface area contributed by atoms with Crippen molar-refractivity contribution in [1.82, 2.24) is 20.1 Å². The number of hydrogen-bond donors (Lipinski definition) is 0. The van der Waals surface area contributed by atoms with Crippen molar-refractivity contribution in [3.63, 3.8) is 0 Å². The molecule has 2 aliphatic heterocycles. The Bertz CT molecular complexity index is 700. The highest BCUT2D eigenvalue weighted by atomic mass is 16.5. The molecule has 0 aliphatic carbocycles. The van der Waals surface area contributed by atoms with Gasteiger partial charge in [0.25, 0.3) is 0 Å². The minimum atomic E-state index is 0.239. The Kier molecular flexibility index (Phi) is 4.29. The Labute approximate surface area is 148 Å². The predicted molar refractivity (Wildman–Crippen MR) is 96.8 cm³/mol. The number of anilines is 1. The molecule has 0 N–H and O–H groups in total. The van der Waals surface area contributed by atoms with Crippen LogP contribution in [-0.2, 0) is 0 Å². The van der Waals surface area contributed by atoms with Gasteiger partial charge in [0.1, 0.15) is 0 Å². The molecule has 0 saturated carbocycles. The summed E-state index contributed by atoms with van der Waals surface area (Å²) in [5.41, 5.74) is 1.20. The number of likely N-dealkylation sites (N-methyl/N-ethyl adjacent to an activating group) is 1. The number of hydrogen-bond acceptors (Lipinski definition) is 6. The molecule has 0 amide bonds. The van der Waals surface area contributed by atoms with Crippen molar-refractivity contribution in [2.45, 2.75) is 25.3 Å². The Balaban J connectivity index is 1.36. The van der Waals surface area contributed by atoms with E-state index in [4.69, 9.17) is 4.74 Å². The van der Waals surface area contributed by atoms with Gasteiger partial charge in [-0.05, 0) is 57.5 Å². The lowest BCUT2D eigenvalue weighted by molar-refractivity contribution is 0.00552. The van der Waals surface area contributed by atoms with Crippen LogP contribution in [-0.4, -0.2) is 58.9 Å². The molecule has 25 heavy (non-hydrogen) atoms. The maximum Gasteiger partial charge on any atom is 0.213 e. The number of nitrogens with zero attached hydrogens (tertiary/aromatic N) is 5. The summed E-state index contributed by atoms with van der Waals surface area (Å²) in [6, 6.07) is 9.90. The van der Waals surface area contributed by atoms with Gasteiger partial charge in [0.05, 0.1) is 17.8 Å². The van der Waals surface area contributed by atoms with E-state index in [1.54, 1.807) is 6.20 Å². The molecule has 2 aromatic heterocycles. The molecule has 4 heterocycles. The van der Waals surface area contributed by atoms with Gasteiger partial charge in [-0.1, -0.05) is 6.07 Å². The summed E-state index contributed by atoms with van der Waals surface area (Å²) in [6.07, 6.45) is 4.11. The van der Waals surface area contributed by atoms with E-state index in [1.165, 1.54) is 6.42 Å². The number of pyridine rings is 1. The lowest BCUT2D eigenvalue weighted by Crippen LogP contribution is -2.72. The predicted octanol–water partition coefficient (Wildman–Crippen LogP) is 2.16. The van der Waals surface area contributed by atoms with Gasteiger partial charge in [0.15, 0.2) is 5.82 Å². The van der Waals surface area contributed by atoms with Gasteiger partial charge in [-0.3, -0.25) is 4.90 Å². The summed E-state index contributed by atoms with van der Waals surface area (Å²) in [6.45, 7) is 5.86. The molecule has 6 nitrogen and oxygen atoms in total. The van der Waals surface area contributed by atoms with E-state index in [1.807, 2.05) is 31.2 Å². The molecular weight excluding hydrogens is 314 g/mol. The van der Waals surface area contributed by atoms with E-state index in [0.717, 1.165) is 50.1 Å². The number of aryl methyl sites for hydroxylation is 1. The van der Waals surface area contributed by atoms with Crippen molar-refractivity contribution in [2.75, 3.05) is 38.2 Å². The maximum atomic E-state index is 5.90. The Morgan fingerprint density at radius 3 is 2.80 bits per heavy atom. The number of ether oxygens (including phenoxy) is 1. The zero-order chi connectivity index (χ0) is 17.3. The summed E-state index contributed by atoms with van der Waals surface area (Å²) in [5, 5.41) is 8.50. The fraction of sp³-hybridized carbons (Fsp3) is 0.526. The highest BCUT2D eigenvalue weighted by Crippen LogP contribution is 2.39. The highest BCUT2D eigenvalue weighted by molar-refractivity contribution is 5.44. The Hall–Kier alpha value is -2.21. The van der Waals surface area contributed by atoms with Gasteiger partial charge in [0, 0.05) is 25.4 Å². The molecule has 1 spiro atoms. The van der Waals surface area contributed by atoms with Crippen molar-refractivity contribution in [1.29, 1.82) is 0 Å². The minimum Gasteiger partial charge on any atom is -0.477 e. The van der Waals surface area contributed by atoms with Crippen molar-refractivity contribution in [3.8, 4) is 5.88 Å². The zero-order valence-electron chi connectivity index (χ0n) is 14.9. The lowest BCUT2D eigenvalue weighted by atomic mass is 9.75. The molecule has 132 valence electrons. The highest BCUT2D eigenvalue weighted by Gasteiger charge is 2.50.